The minimum atomic E-state index is 0.636. The van der Waals surface area contributed by atoms with Crippen LogP contribution in [0.3, 0.4) is 0 Å². The minimum absolute atomic E-state index is 0.636. The van der Waals surface area contributed by atoms with Gasteiger partial charge in [0.2, 0.25) is 5.95 Å². The lowest BCUT2D eigenvalue weighted by atomic mass is 9.83. The molecule has 0 aliphatic heterocycles. The monoisotopic (exact) mass is 271 g/mol. The number of aryl methyl sites for hydroxylation is 2. The van der Waals surface area contributed by atoms with E-state index in [0.717, 1.165) is 24.0 Å². The molecule has 0 radical (unpaired) electrons. The molecule has 0 N–H and O–H groups in total. The molecule has 106 valence electrons. The van der Waals surface area contributed by atoms with Crippen LogP contribution < -0.4 is 4.90 Å². The Hall–Kier alpha value is -1.91. The second-order valence-electron chi connectivity index (χ2n) is 5.67. The molecule has 0 saturated heterocycles. The smallest absolute Gasteiger partial charge is 0.225 e. The Balaban J connectivity index is 1.81. The lowest BCUT2D eigenvalue weighted by Crippen LogP contribution is -2.23. The van der Waals surface area contributed by atoms with Crippen LogP contribution in [-0.4, -0.2) is 26.6 Å². The summed E-state index contributed by atoms with van der Waals surface area (Å²) >= 11 is 0. The summed E-state index contributed by atoms with van der Waals surface area (Å²) in [5, 5.41) is 0. The van der Waals surface area contributed by atoms with Crippen LogP contribution in [0.5, 0.6) is 0 Å². The highest BCUT2D eigenvalue weighted by Gasteiger charge is 2.22. The predicted octanol–water partition coefficient (Wildman–Crippen LogP) is 2.42. The highest BCUT2D eigenvalue weighted by molar-refractivity contribution is 5.33. The molecule has 2 heterocycles. The van der Waals surface area contributed by atoms with Gasteiger partial charge < -0.3 is 9.47 Å². The van der Waals surface area contributed by atoms with E-state index in [1.807, 2.05) is 38.0 Å². The maximum atomic E-state index is 4.74. The molecule has 3 rings (SSSR count). The highest BCUT2D eigenvalue weighted by atomic mass is 15.3. The first-order chi connectivity index (χ1) is 9.63. The summed E-state index contributed by atoms with van der Waals surface area (Å²) in [6.07, 6.45) is 7.63. The number of anilines is 1. The van der Waals surface area contributed by atoms with Gasteiger partial charge in [0, 0.05) is 43.8 Å². The summed E-state index contributed by atoms with van der Waals surface area (Å²) in [6, 6.07) is 2.13. The SMILES string of the molecule is Cc1cc(C2CCC2)nc(N(C)Cc2nccn2C)n1. The van der Waals surface area contributed by atoms with Crippen LogP contribution in [0, 0.1) is 6.92 Å². The molecule has 20 heavy (non-hydrogen) atoms. The zero-order valence-corrected chi connectivity index (χ0v) is 12.4. The van der Waals surface area contributed by atoms with Crippen molar-refractivity contribution in [3.05, 3.63) is 35.7 Å². The van der Waals surface area contributed by atoms with Crippen molar-refractivity contribution in [3.8, 4) is 0 Å². The average Bonchev–Trinajstić information content (AvgIpc) is 2.72. The minimum Gasteiger partial charge on any atom is -0.337 e. The van der Waals surface area contributed by atoms with E-state index in [2.05, 4.69) is 20.9 Å². The maximum Gasteiger partial charge on any atom is 0.225 e. The van der Waals surface area contributed by atoms with Gasteiger partial charge in [0.1, 0.15) is 5.82 Å². The standard InChI is InChI=1S/C15H21N5/c1-11-9-13(12-5-4-6-12)18-15(17-11)20(3)10-14-16-7-8-19(14)2/h7-9,12H,4-6,10H2,1-3H3. The van der Waals surface area contributed by atoms with Gasteiger partial charge in [-0.05, 0) is 25.8 Å². The molecule has 1 saturated carbocycles. The van der Waals surface area contributed by atoms with Crippen molar-refractivity contribution in [2.45, 2.75) is 38.6 Å². The normalized spacial score (nSPS) is 15.2. The molecule has 0 bridgehead atoms. The van der Waals surface area contributed by atoms with Gasteiger partial charge in [-0.15, -0.1) is 0 Å². The largest absolute Gasteiger partial charge is 0.337 e. The van der Waals surface area contributed by atoms with Gasteiger partial charge in [0.05, 0.1) is 6.54 Å². The van der Waals surface area contributed by atoms with Crippen LogP contribution in [0.1, 0.15) is 42.4 Å². The second-order valence-corrected chi connectivity index (χ2v) is 5.67. The molecule has 0 unspecified atom stereocenters. The number of hydrogen-bond acceptors (Lipinski definition) is 4. The number of hydrogen-bond donors (Lipinski definition) is 0. The van der Waals surface area contributed by atoms with Gasteiger partial charge in [-0.2, -0.15) is 0 Å². The maximum absolute atomic E-state index is 4.74. The van der Waals surface area contributed by atoms with Crippen LogP contribution >= 0.6 is 0 Å². The highest BCUT2D eigenvalue weighted by Crippen LogP contribution is 2.35. The van der Waals surface area contributed by atoms with E-state index < -0.39 is 0 Å². The van der Waals surface area contributed by atoms with E-state index in [0.29, 0.717) is 5.92 Å². The molecule has 0 amide bonds. The molecule has 0 aromatic carbocycles. The third kappa shape index (κ3) is 2.53. The van der Waals surface area contributed by atoms with Crippen molar-refractivity contribution in [1.82, 2.24) is 19.5 Å². The second kappa shape index (κ2) is 5.23. The molecule has 1 aliphatic rings. The first-order valence-corrected chi connectivity index (χ1v) is 7.16. The Bertz CT molecular complexity index is 600. The topological polar surface area (TPSA) is 46.8 Å². The Morgan fingerprint density at radius 2 is 2.15 bits per heavy atom. The van der Waals surface area contributed by atoms with Crippen LogP contribution in [-0.2, 0) is 13.6 Å². The quantitative estimate of drug-likeness (QED) is 0.857. The molecule has 1 aliphatic carbocycles. The van der Waals surface area contributed by atoms with Gasteiger partial charge in [0.15, 0.2) is 0 Å². The third-order valence-corrected chi connectivity index (χ3v) is 4.03. The number of rotatable bonds is 4. The molecular weight excluding hydrogens is 250 g/mol. The molecule has 2 aromatic rings. The molecule has 0 atom stereocenters. The van der Waals surface area contributed by atoms with Gasteiger partial charge in [0.25, 0.3) is 0 Å². The van der Waals surface area contributed by atoms with Gasteiger partial charge in [-0.3, -0.25) is 0 Å². The van der Waals surface area contributed by atoms with E-state index in [4.69, 9.17) is 4.98 Å². The fraction of sp³-hybridized carbons (Fsp3) is 0.533. The Morgan fingerprint density at radius 3 is 2.75 bits per heavy atom. The number of imidazole rings is 1. The van der Waals surface area contributed by atoms with Crippen LogP contribution in [0.4, 0.5) is 5.95 Å². The summed E-state index contributed by atoms with van der Waals surface area (Å²) in [6.45, 7) is 2.76. The van der Waals surface area contributed by atoms with Crippen LogP contribution in [0.25, 0.3) is 0 Å². The Labute approximate surface area is 119 Å². The van der Waals surface area contributed by atoms with Crippen molar-refractivity contribution in [2.24, 2.45) is 7.05 Å². The van der Waals surface area contributed by atoms with Crippen molar-refractivity contribution in [1.29, 1.82) is 0 Å². The molecule has 2 aromatic heterocycles. The van der Waals surface area contributed by atoms with E-state index >= 15 is 0 Å². The summed E-state index contributed by atoms with van der Waals surface area (Å²) in [5.41, 5.74) is 2.24. The third-order valence-electron chi connectivity index (χ3n) is 4.03. The Morgan fingerprint density at radius 1 is 1.35 bits per heavy atom. The van der Waals surface area contributed by atoms with E-state index in [1.54, 1.807) is 0 Å². The van der Waals surface area contributed by atoms with Crippen LogP contribution in [0.15, 0.2) is 18.5 Å². The van der Waals surface area contributed by atoms with Crippen LogP contribution in [0.2, 0.25) is 0 Å². The molecular formula is C15H21N5. The van der Waals surface area contributed by atoms with Crippen molar-refractivity contribution >= 4 is 5.95 Å². The van der Waals surface area contributed by atoms with Gasteiger partial charge >= 0.3 is 0 Å². The number of aromatic nitrogens is 4. The lowest BCUT2D eigenvalue weighted by molar-refractivity contribution is 0.410. The summed E-state index contributed by atoms with van der Waals surface area (Å²) in [4.78, 5) is 15.7. The number of nitrogens with zero attached hydrogens (tertiary/aromatic N) is 5. The first kappa shape index (κ1) is 13.1. The predicted molar refractivity (Wildman–Crippen MR) is 78.7 cm³/mol. The van der Waals surface area contributed by atoms with E-state index in [9.17, 15) is 0 Å². The molecule has 5 nitrogen and oxygen atoms in total. The fourth-order valence-corrected chi connectivity index (χ4v) is 2.49. The molecule has 0 spiro atoms. The van der Waals surface area contributed by atoms with Crippen molar-refractivity contribution < 1.29 is 0 Å². The van der Waals surface area contributed by atoms with E-state index in [-0.39, 0.29) is 0 Å². The zero-order chi connectivity index (χ0) is 14.1. The fourth-order valence-electron chi connectivity index (χ4n) is 2.49. The zero-order valence-electron chi connectivity index (χ0n) is 12.4. The Kier molecular flexibility index (Phi) is 3.42. The average molecular weight is 271 g/mol. The van der Waals surface area contributed by atoms with Crippen molar-refractivity contribution in [2.75, 3.05) is 11.9 Å². The van der Waals surface area contributed by atoms with Gasteiger partial charge in [-0.25, -0.2) is 15.0 Å². The van der Waals surface area contributed by atoms with Crippen molar-refractivity contribution in [3.63, 3.8) is 0 Å². The van der Waals surface area contributed by atoms with Gasteiger partial charge in [-0.1, -0.05) is 6.42 Å². The molecule has 5 heteroatoms. The summed E-state index contributed by atoms with van der Waals surface area (Å²) in [7, 11) is 4.03. The summed E-state index contributed by atoms with van der Waals surface area (Å²) in [5.74, 6) is 2.45. The lowest BCUT2D eigenvalue weighted by Gasteiger charge is -2.26. The first-order valence-electron chi connectivity index (χ1n) is 7.16. The summed E-state index contributed by atoms with van der Waals surface area (Å²) < 4.78 is 2.03. The molecule has 1 fully saturated rings. The van der Waals surface area contributed by atoms with E-state index in [1.165, 1.54) is 25.0 Å².